The first-order valence-electron chi connectivity index (χ1n) is 12.0. The summed E-state index contributed by atoms with van der Waals surface area (Å²) in [6.07, 6.45) is 1.99. The van der Waals surface area contributed by atoms with E-state index in [1.54, 1.807) is 11.1 Å². The van der Waals surface area contributed by atoms with E-state index < -0.39 is 5.91 Å². The van der Waals surface area contributed by atoms with Crippen molar-refractivity contribution in [3.8, 4) is 11.8 Å². The molecule has 4 aromatic rings. The van der Waals surface area contributed by atoms with Crippen LogP contribution < -0.4 is 5.43 Å². The molecule has 4 aromatic carbocycles. The first-order valence-corrected chi connectivity index (χ1v) is 12.3. The van der Waals surface area contributed by atoms with Crippen LogP contribution in [0.2, 0.25) is 5.02 Å². The van der Waals surface area contributed by atoms with Gasteiger partial charge in [0.2, 0.25) is 5.91 Å². The molecule has 8 heteroatoms. The van der Waals surface area contributed by atoms with Crippen LogP contribution in [-0.2, 0) is 17.8 Å². The Bertz CT molecular complexity index is 1530. The average molecular weight is 525 g/mol. The normalized spacial score (nSPS) is 10.8. The van der Waals surface area contributed by atoms with Crippen LogP contribution in [0.15, 0.2) is 90.0 Å². The second kappa shape index (κ2) is 12.5. The number of hydrogen-bond donors (Lipinski definition) is 2. The van der Waals surface area contributed by atoms with E-state index in [1.165, 1.54) is 18.2 Å². The molecule has 0 unspecified atom stereocenters. The largest absolute Gasteiger partial charge is 0.506 e. The molecule has 38 heavy (non-hydrogen) atoms. The maximum atomic E-state index is 13.3. The van der Waals surface area contributed by atoms with Gasteiger partial charge in [-0.1, -0.05) is 78.3 Å². The maximum Gasteiger partial charge on any atom is 0.271 e. The molecule has 4 rings (SSSR count). The van der Waals surface area contributed by atoms with Crippen LogP contribution in [0, 0.1) is 11.3 Å². The summed E-state index contributed by atoms with van der Waals surface area (Å²) >= 11 is 5.88. The SMILES string of the molecule is N#CCCN(Cc1ccccc1)C(=O)Cc1ccc(C=NNC(=O)c2ccc(O)c(Cl)c2)c2ccccc12. The van der Waals surface area contributed by atoms with Crippen molar-refractivity contribution in [2.24, 2.45) is 5.10 Å². The molecule has 7 nitrogen and oxygen atoms in total. The lowest BCUT2D eigenvalue weighted by molar-refractivity contribution is -0.131. The summed E-state index contributed by atoms with van der Waals surface area (Å²) in [4.78, 5) is 27.4. The van der Waals surface area contributed by atoms with Crippen molar-refractivity contribution >= 4 is 40.4 Å². The summed E-state index contributed by atoms with van der Waals surface area (Å²) in [5, 5.41) is 24.6. The highest BCUT2D eigenvalue weighted by molar-refractivity contribution is 6.32. The van der Waals surface area contributed by atoms with Gasteiger partial charge in [0.25, 0.3) is 5.91 Å². The highest BCUT2D eigenvalue weighted by Crippen LogP contribution is 2.24. The summed E-state index contributed by atoms with van der Waals surface area (Å²) in [6.45, 7) is 0.800. The zero-order chi connectivity index (χ0) is 26.9. The number of benzene rings is 4. The van der Waals surface area contributed by atoms with Crippen molar-refractivity contribution in [2.45, 2.75) is 19.4 Å². The Morgan fingerprint density at radius 2 is 1.74 bits per heavy atom. The molecule has 2 amide bonds. The van der Waals surface area contributed by atoms with Crippen molar-refractivity contribution in [1.82, 2.24) is 10.3 Å². The number of phenolic OH excluding ortho intramolecular Hbond substituents is 1. The number of hydrazone groups is 1. The molecule has 0 radical (unpaired) electrons. The Labute approximate surface area is 225 Å². The molecule has 0 aliphatic rings. The number of amides is 2. The molecule has 0 spiro atoms. The Morgan fingerprint density at radius 3 is 2.47 bits per heavy atom. The standard InChI is InChI=1S/C30H25ClN4O3/c31-27-17-23(13-14-28(27)36)30(38)34-33-19-24-12-11-22(25-9-4-5-10-26(24)25)18-29(37)35(16-6-15-32)20-21-7-2-1-3-8-21/h1-5,7-14,17,19,36H,6,16,18,20H2,(H,34,38). The third-order valence-electron chi connectivity index (χ3n) is 6.03. The van der Waals surface area contributed by atoms with Gasteiger partial charge in [-0.15, -0.1) is 0 Å². The number of fused-ring (bicyclic) bond motifs is 1. The predicted octanol–water partition coefficient (Wildman–Crippen LogP) is 5.45. The molecule has 190 valence electrons. The molecule has 0 aromatic heterocycles. The summed E-state index contributed by atoms with van der Waals surface area (Å²) in [5.41, 5.74) is 5.37. The molecule has 0 atom stereocenters. The molecular weight excluding hydrogens is 500 g/mol. The minimum Gasteiger partial charge on any atom is -0.506 e. The highest BCUT2D eigenvalue weighted by Gasteiger charge is 2.16. The van der Waals surface area contributed by atoms with Crippen molar-refractivity contribution in [2.75, 3.05) is 6.54 Å². The molecular formula is C30H25ClN4O3. The van der Waals surface area contributed by atoms with Gasteiger partial charge in [0.1, 0.15) is 5.75 Å². The first-order chi connectivity index (χ1) is 18.5. The zero-order valence-electron chi connectivity index (χ0n) is 20.5. The number of nitriles is 1. The van der Waals surface area contributed by atoms with E-state index >= 15 is 0 Å². The van der Waals surface area contributed by atoms with Crippen LogP contribution in [0.1, 0.15) is 33.5 Å². The predicted molar refractivity (Wildman–Crippen MR) is 148 cm³/mol. The summed E-state index contributed by atoms with van der Waals surface area (Å²) in [7, 11) is 0. The Morgan fingerprint density at radius 1 is 1.00 bits per heavy atom. The molecule has 0 aliphatic carbocycles. The number of phenols is 1. The molecule has 0 fully saturated rings. The van der Waals surface area contributed by atoms with Gasteiger partial charge in [0, 0.05) is 24.2 Å². The maximum absolute atomic E-state index is 13.3. The summed E-state index contributed by atoms with van der Waals surface area (Å²) in [5.74, 6) is -0.633. The van der Waals surface area contributed by atoms with Gasteiger partial charge in [-0.05, 0) is 40.1 Å². The third kappa shape index (κ3) is 6.55. The quantitative estimate of drug-likeness (QED) is 0.224. The lowest BCUT2D eigenvalue weighted by Crippen LogP contribution is -2.32. The topological polar surface area (TPSA) is 106 Å². The minimum atomic E-state index is -0.467. The van der Waals surface area contributed by atoms with Gasteiger partial charge >= 0.3 is 0 Å². The van der Waals surface area contributed by atoms with E-state index in [-0.39, 0.29) is 35.1 Å². The van der Waals surface area contributed by atoms with Crippen LogP contribution in [-0.4, -0.2) is 34.6 Å². The van der Waals surface area contributed by atoms with E-state index in [9.17, 15) is 14.7 Å². The van der Waals surface area contributed by atoms with Gasteiger partial charge in [-0.25, -0.2) is 5.43 Å². The monoisotopic (exact) mass is 524 g/mol. The van der Waals surface area contributed by atoms with Crippen LogP contribution in [0.4, 0.5) is 0 Å². The second-order valence-electron chi connectivity index (χ2n) is 8.61. The molecule has 0 heterocycles. The van der Waals surface area contributed by atoms with Crippen molar-refractivity contribution in [1.29, 1.82) is 5.26 Å². The van der Waals surface area contributed by atoms with E-state index in [0.29, 0.717) is 13.1 Å². The van der Waals surface area contributed by atoms with Gasteiger partial charge in [-0.3, -0.25) is 9.59 Å². The third-order valence-corrected chi connectivity index (χ3v) is 6.33. The van der Waals surface area contributed by atoms with Gasteiger partial charge < -0.3 is 10.0 Å². The summed E-state index contributed by atoms with van der Waals surface area (Å²) < 4.78 is 0. The molecule has 2 N–H and O–H groups in total. The summed E-state index contributed by atoms with van der Waals surface area (Å²) in [6, 6.07) is 27.4. The fourth-order valence-electron chi connectivity index (χ4n) is 4.08. The first kappa shape index (κ1) is 26.4. The smallest absolute Gasteiger partial charge is 0.271 e. The number of rotatable bonds is 9. The minimum absolute atomic E-state index is 0.0597. The van der Waals surface area contributed by atoms with Crippen molar-refractivity contribution in [3.63, 3.8) is 0 Å². The van der Waals surface area contributed by atoms with Crippen molar-refractivity contribution in [3.05, 3.63) is 112 Å². The number of carbonyl (C=O) groups excluding carboxylic acids is 2. The number of carbonyl (C=O) groups is 2. The fourth-order valence-corrected chi connectivity index (χ4v) is 4.26. The Kier molecular flexibility index (Phi) is 8.70. The average Bonchev–Trinajstić information content (AvgIpc) is 2.94. The lowest BCUT2D eigenvalue weighted by Gasteiger charge is -2.22. The Balaban J connectivity index is 1.52. The zero-order valence-corrected chi connectivity index (χ0v) is 21.2. The van der Waals surface area contributed by atoms with E-state index in [0.717, 1.165) is 27.5 Å². The number of nitrogens with zero attached hydrogens (tertiary/aromatic N) is 3. The van der Waals surface area contributed by atoms with Gasteiger partial charge in [0.05, 0.1) is 30.1 Å². The highest BCUT2D eigenvalue weighted by atomic mass is 35.5. The number of hydrogen-bond acceptors (Lipinski definition) is 5. The molecule has 0 saturated heterocycles. The second-order valence-corrected chi connectivity index (χ2v) is 9.02. The van der Waals surface area contributed by atoms with Crippen LogP contribution >= 0.6 is 11.6 Å². The van der Waals surface area contributed by atoms with Crippen LogP contribution in [0.25, 0.3) is 10.8 Å². The number of halogens is 1. The molecule has 0 bridgehead atoms. The van der Waals surface area contributed by atoms with Crippen molar-refractivity contribution < 1.29 is 14.7 Å². The van der Waals surface area contributed by atoms with Gasteiger partial charge in [0.15, 0.2) is 0 Å². The van der Waals surface area contributed by atoms with E-state index in [4.69, 9.17) is 16.9 Å². The van der Waals surface area contributed by atoms with Crippen LogP contribution in [0.3, 0.4) is 0 Å². The van der Waals surface area contributed by atoms with E-state index in [1.807, 2.05) is 66.7 Å². The lowest BCUT2D eigenvalue weighted by atomic mass is 9.97. The van der Waals surface area contributed by atoms with E-state index in [2.05, 4.69) is 16.6 Å². The number of aromatic hydroxyl groups is 1. The van der Waals surface area contributed by atoms with Crippen LogP contribution in [0.5, 0.6) is 5.75 Å². The van der Waals surface area contributed by atoms with Gasteiger partial charge in [-0.2, -0.15) is 10.4 Å². The molecule has 0 saturated carbocycles. The fraction of sp³-hybridized carbons (Fsp3) is 0.133. The molecule has 0 aliphatic heterocycles. The number of nitrogens with one attached hydrogen (secondary N) is 1. The Hall–Kier alpha value is -4.67.